The van der Waals surface area contributed by atoms with Gasteiger partial charge in [-0.25, -0.2) is 13.4 Å². The summed E-state index contributed by atoms with van der Waals surface area (Å²) in [5.41, 5.74) is 1.77. The second-order valence-electron chi connectivity index (χ2n) is 4.40. The lowest BCUT2D eigenvalue weighted by Gasteiger charge is -2.19. The lowest BCUT2D eigenvalue weighted by Crippen LogP contribution is -2.29. The highest BCUT2D eigenvalue weighted by Gasteiger charge is 2.31. The fraction of sp³-hybridized carbons (Fsp3) is 0.154. The molecular weight excluding hydrogens is 364 g/mol. The first-order chi connectivity index (χ1) is 9.50. The predicted molar refractivity (Wildman–Crippen MR) is 81.6 cm³/mol. The van der Waals surface area contributed by atoms with Gasteiger partial charge in [-0.3, -0.25) is 4.31 Å². The molecule has 0 saturated heterocycles. The summed E-state index contributed by atoms with van der Waals surface area (Å²) in [7, 11) is -3.61. The van der Waals surface area contributed by atoms with Gasteiger partial charge in [0.15, 0.2) is 0 Å². The number of sulfonamides is 1. The molecule has 1 aliphatic heterocycles. The van der Waals surface area contributed by atoms with Gasteiger partial charge in [0.2, 0.25) is 0 Å². The van der Waals surface area contributed by atoms with Crippen LogP contribution in [0.3, 0.4) is 0 Å². The molecule has 2 aromatic rings. The van der Waals surface area contributed by atoms with Gasteiger partial charge < -0.3 is 0 Å². The minimum atomic E-state index is -3.61. The van der Waals surface area contributed by atoms with Crippen LogP contribution in [0.15, 0.2) is 45.9 Å². The largest absolute Gasteiger partial charge is 0.266 e. The summed E-state index contributed by atoms with van der Waals surface area (Å²) in [6.07, 6.45) is 2.00. The number of para-hydroxylation sites is 1. The van der Waals surface area contributed by atoms with Gasteiger partial charge in [-0.1, -0.05) is 29.8 Å². The molecule has 1 aromatic carbocycles. The molecule has 0 N–H and O–H groups in total. The lowest BCUT2D eigenvalue weighted by atomic mass is 10.2. The van der Waals surface area contributed by atoms with E-state index in [0.29, 0.717) is 11.0 Å². The average molecular weight is 374 g/mol. The zero-order valence-electron chi connectivity index (χ0n) is 10.3. The minimum Gasteiger partial charge on any atom is -0.266 e. The molecule has 20 heavy (non-hydrogen) atoms. The number of anilines is 1. The van der Waals surface area contributed by atoms with Crippen molar-refractivity contribution in [1.29, 1.82) is 0 Å². The Morgan fingerprint density at radius 2 is 2.05 bits per heavy atom. The van der Waals surface area contributed by atoms with Crippen LogP contribution in [0.25, 0.3) is 0 Å². The van der Waals surface area contributed by atoms with Gasteiger partial charge in [-0.2, -0.15) is 0 Å². The summed E-state index contributed by atoms with van der Waals surface area (Å²) in [6, 6.07) is 8.99. The van der Waals surface area contributed by atoms with E-state index in [2.05, 4.69) is 20.9 Å². The van der Waals surface area contributed by atoms with Crippen molar-refractivity contribution in [2.24, 2.45) is 0 Å². The first kappa shape index (κ1) is 13.9. The number of fused-ring (bicyclic) bond motifs is 1. The standard InChI is InChI=1S/C13H10BrClN2O2S/c14-11-7-10(8-16-13(11)15)20(18,19)17-6-5-9-3-1-2-4-12(9)17/h1-4,7-8H,5-6H2. The Labute approximate surface area is 130 Å². The van der Waals surface area contributed by atoms with E-state index < -0.39 is 10.0 Å². The third-order valence-electron chi connectivity index (χ3n) is 3.20. The molecule has 0 bridgehead atoms. The maximum absolute atomic E-state index is 12.7. The smallest absolute Gasteiger partial charge is 0.265 e. The molecule has 0 unspecified atom stereocenters. The van der Waals surface area contributed by atoms with Crippen molar-refractivity contribution in [3.63, 3.8) is 0 Å². The number of pyridine rings is 1. The first-order valence-electron chi connectivity index (χ1n) is 5.92. The second-order valence-corrected chi connectivity index (χ2v) is 7.47. The van der Waals surface area contributed by atoms with Gasteiger partial charge in [-0.15, -0.1) is 0 Å². The molecule has 0 aliphatic carbocycles. The Kier molecular flexibility index (Phi) is 3.48. The number of hydrogen-bond acceptors (Lipinski definition) is 3. The van der Waals surface area contributed by atoms with E-state index in [1.807, 2.05) is 24.3 Å². The van der Waals surface area contributed by atoms with E-state index in [9.17, 15) is 8.42 Å². The molecular formula is C13H10BrClN2O2S. The van der Waals surface area contributed by atoms with Gasteiger partial charge in [-0.05, 0) is 40.0 Å². The van der Waals surface area contributed by atoms with Gasteiger partial charge in [0, 0.05) is 12.7 Å². The monoisotopic (exact) mass is 372 g/mol. The number of benzene rings is 1. The highest BCUT2D eigenvalue weighted by Crippen LogP contribution is 2.33. The van der Waals surface area contributed by atoms with Crippen LogP contribution in [0.2, 0.25) is 5.15 Å². The van der Waals surface area contributed by atoms with Crippen LogP contribution in [-0.2, 0) is 16.4 Å². The number of rotatable bonds is 2. The van der Waals surface area contributed by atoms with Crippen LogP contribution >= 0.6 is 27.5 Å². The average Bonchev–Trinajstić information content (AvgIpc) is 2.86. The van der Waals surface area contributed by atoms with Crippen LogP contribution in [-0.4, -0.2) is 19.9 Å². The summed E-state index contributed by atoms with van der Waals surface area (Å²) < 4.78 is 27.2. The van der Waals surface area contributed by atoms with Crippen LogP contribution in [0.4, 0.5) is 5.69 Å². The third kappa shape index (κ3) is 2.21. The van der Waals surface area contributed by atoms with E-state index >= 15 is 0 Å². The summed E-state index contributed by atoms with van der Waals surface area (Å²) >= 11 is 9.01. The van der Waals surface area contributed by atoms with E-state index in [0.717, 1.165) is 17.7 Å². The Morgan fingerprint density at radius 1 is 1.30 bits per heavy atom. The molecule has 104 valence electrons. The molecule has 1 aliphatic rings. The molecule has 0 atom stereocenters. The van der Waals surface area contributed by atoms with Crippen LogP contribution in [0.5, 0.6) is 0 Å². The fourth-order valence-corrected chi connectivity index (χ4v) is 4.31. The molecule has 0 fully saturated rings. The summed E-state index contributed by atoms with van der Waals surface area (Å²) in [4.78, 5) is 4.02. The summed E-state index contributed by atoms with van der Waals surface area (Å²) in [5, 5.41) is 0.241. The zero-order chi connectivity index (χ0) is 14.3. The molecule has 0 radical (unpaired) electrons. The van der Waals surface area contributed by atoms with Crippen molar-refractivity contribution in [3.05, 3.63) is 51.7 Å². The highest BCUT2D eigenvalue weighted by atomic mass is 79.9. The fourth-order valence-electron chi connectivity index (χ4n) is 2.23. The van der Waals surface area contributed by atoms with Crippen molar-refractivity contribution in [3.8, 4) is 0 Å². The molecule has 2 heterocycles. The normalized spacial score (nSPS) is 14.4. The summed E-state index contributed by atoms with van der Waals surface area (Å²) in [5.74, 6) is 0. The van der Waals surface area contributed by atoms with Crippen molar-refractivity contribution >= 4 is 43.2 Å². The van der Waals surface area contributed by atoms with Crippen LogP contribution in [0.1, 0.15) is 5.56 Å². The molecule has 0 saturated carbocycles. The van der Waals surface area contributed by atoms with Crippen molar-refractivity contribution in [1.82, 2.24) is 4.98 Å². The van der Waals surface area contributed by atoms with Gasteiger partial charge in [0.05, 0.1) is 10.2 Å². The van der Waals surface area contributed by atoms with Crippen LogP contribution in [0, 0.1) is 0 Å². The zero-order valence-corrected chi connectivity index (χ0v) is 13.4. The Morgan fingerprint density at radius 3 is 2.80 bits per heavy atom. The molecule has 0 amide bonds. The molecule has 4 nitrogen and oxygen atoms in total. The van der Waals surface area contributed by atoms with Crippen molar-refractivity contribution < 1.29 is 8.42 Å². The topological polar surface area (TPSA) is 50.3 Å². The van der Waals surface area contributed by atoms with E-state index in [1.165, 1.54) is 16.6 Å². The van der Waals surface area contributed by atoms with Gasteiger partial charge in [0.1, 0.15) is 10.0 Å². The number of aromatic nitrogens is 1. The molecule has 7 heteroatoms. The van der Waals surface area contributed by atoms with E-state index in [1.54, 1.807) is 0 Å². The van der Waals surface area contributed by atoms with E-state index in [4.69, 9.17) is 11.6 Å². The molecule has 3 rings (SSSR count). The van der Waals surface area contributed by atoms with Crippen molar-refractivity contribution in [2.45, 2.75) is 11.3 Å². The van der Waals surface area contributed by atoms with Crippen molar-refractivity contribution in [2.75, 3.05) is 10.8 Å². The SMILES string of the molecule is O=S(=O)(c1cnc(Cl)c(Br)c1)N1CCc2ccccc21. The lowest BCUT2D eigenvalue weighted by molar-refractivity contribution is 0.592. The van der Waals surface area contributed by atoms with Gasteiger partial charge >= 0.3 is 0 Å². The molecule has 1 aromatic heterocycles. The Balaban J connectivity index is 2.07. The van der Waals surface area contributed by atoms with Gasteiger partial charge in [0.25, 0.3) is 10.0 Å². The second kappa shape index (κ2) is 5.02. The minimum absolute atomic E-state index is 0.130. The van der Waals surface area contributed by atoms with Crippen LogP contribution < -0.4 is 4.31 Å². The summed E-state index contributed by atoms with van der Waals surface area (Å²) in [6.45, 7) is 0.446. The Hall–Kier alpha value is -1.11. The predicted octanol–water partition coefficient (Wildman–Crippen LogP) is 3.25. The number of halogens is 2. The molecule has 0 spiro atoms. The highest BCUT2D eigenvalue weighted by molar-refractivity contribution is 9.10. The van der Waals surface area contributed by atoms with E-state index in [-0.39, 0.29) is 10.0 Å². The first-order valence-corrected chi connectivity index (χ1v) is 8.53. The number of nitrogens with zero attached hydrogens (tertiary/aromatic N) is 2. The third-order valence-corrected chi connectivity index (χ3v) is 6.12. The Bertz CT molecular complexity index is 780. The maximum atomic E-state index is 12.7. The maximum Gasteiger partial charge on any atom is 0.265 e. The quantitative estimate of drug-likeness (QED) is 0.759. The number of hydrogen-bond donors (Lipinski definition) is 0.